The molecule has 0 bridgehead atoms. The molecule has 1 N–H and O–H groups in total. The maximum Gasteiger partial charge on any atom is 0.258 e. The number of fused-ring (bicyclic) bond motifs is 1. The lowest BCUT2D eigenvalue weighted by Gasteiger charge is -2.18. The molecule has 134 valence electrons. The third kappa shape index (κ3) is 3.92. The molecule has 1 amide bonds. The van der Waals surface area contributed by atoms with Crippen LogP contribution in [0.4, 0.5) is 5.13 Å². The van der Waals surface area contributed by atoms with Gasteiger partial charge in [-0.25, -0.2) is 4.98 Å². The largest absolute Gasteiger partial charge is 0.298 e. The van der Waals surface area contributed by atoms with Crippen molar-refractivity contribution in [1.29, 1.82) is 0 Å². The van der Waals surface area contributed by atoms with Crippen molar-refractivity contribution in [1.82, 2.24) is 4.98 Å². The summed E-state index contributed by atoms with van der Waals surface area (Å²) in [4.78, 5) is 19.6. The van der Waals surface area contributed by atoms with Crippen molar-refractivity contribution in [2.75, 3.05) is 5.32 Å². The number of carbonyl (C=O) groups excluding carboxylic acids is 1. The SMILES string of the molecule is CC1CCc2c(C(=O)Nc3ncc(Cc4ccc(Br)cc4)s3)csc2C1. The molecule has 1 atom stereocenters. The lowest BCUT2D eigenvalue weighted by atomic mass is 9.88. The maximum absolute atomic E-state index is 12.7. The van der Waals surface area contributed by atoms with E-state index in [1.165, 1.54) is 22.4 Å². The number of rotatable bonds is 4. The fourth-order valence-electron chi connectivity index (χ4n) is 3.28. The lowest BCUT2D eigenvalue weighted by molar-refractivity contribution is 0.102. The van der Waals surface area contributed by atoms with E-state index in [0.717, 1.165) is 40.1 Å². The van der Waals surface area contributed by atoms with Crippen LogP contribution >= 0.6 is 38.6 Å². The number of carbonyl (C=O) groups is 1. The molecule has 1 unspecified atom stereocenters. The number of aromatic nitrogens is 1. The van der Waals surface area contributed by atoms with Gasteiger partial charge in [0.15, 0.2) is 5.13 Å². The number of anilines is 1. The zero-order valence-electron chi connectivity index (χ0n) is 14.4. The molecule has 0 saturated heterocycles. The van der Waals surface area contributed by atoms with Gasteiger partial charge in [0.1, 0.15) is 0 Å². The van der Waals surface area contributed by atoms with E-state index in [1.807, 2.05) is 23.7 Å². The van der Waals surface area contributed by atoms with E-state index < -0.39 is 0 Å². The van der Waals surface area contributed by atoms with Crippen molar-refractivity contribution >= 4 is 49.6 Å². The van der Waals surface area contributed by atoms with Crippen molar-refractivity contribution in [2.45, 2.75) is 32.6 Å². The Morgan fingerprint density at radius 3 is 2.96 bits per heavy atom. The minimum atomic E-state index is -0.0263. The normalized spacial score (nSPS) is 16.3. The first kappa shape index (κ1) is 17.9. The Labute approximate surface area is 169 Å². The summed E-state index contributed by atoms with van der Waals surface area (Å²) in [6.45, 7) is 2.28. The van der Waals surface area contributed by atoms with Gasteiger partial charge in [-0.1, -0.05) is 35.0 Å². The van der Waals surface area contributed by atoms with Crippen LogP contribution in [0.1, 0.15) is 44.6 Å². The Kier molecular flexibility index (Phi) is 5.25. The van der Waals surface area contributed by atoms with Gasteiger partial charge in [0.25, 0.3) is 5.91 Å². The van der Waals surface area contributed by atoms with Crippen LogP contribution in [0.5, 0.6) is 0 Å². The van der Waals surface area contributed by atoms with E-state index in [-0.39, 0.29) is 5.91 Å². The first-order chi connectivity index (χ1) is 12.6. The van der Waals surface area contributed by atoms with Gasteiger partial charge in [0.2, 0.25) is 0 Å². The van der Waals surface area contributed by atoms with E-state index >= 15 is 0 Å². The highest BCUT2D eigenvalue weighted by Gasteiger charge is 2.23. The van der Waals surface area contributed by atoms with Gasteiger partial charge in [0, 0.05) is 32.2 Å². The number of nitrogens with one attached hydrogen (secondary N) is 1. The van der Waals surface area contributed by atoms with Crippen LogP contribution in [-0.2, 0) is 19.3 Å². The minimum absolute atomic E-state index is 0.0263. The monoisotopic (exact) mass is 446 g/mol. The molecule has 4 rings (SSSR count). The standard InChI is InChI=1S/C20H19BrN2OS2/c1-12-2-7-16-17(11-25-18(16)8-12)19(24)23-20-22-10-15(26-20)9-13-3-5-14(21)6-4-13/h3-6,10-12H,2,7-9H2,1H3,(H,22,23,24). The number of thiazole rings is 1. The zero-order chi connectivity index (χ0) is 18.1. The summed E-state index contributed by atoms with van der Waals surface area (Å²) in [6, 6.07) is 8.28. The molecule has 0 spiro atoms. The fraction of sp³-hybridized carbons (Fsp3) is 0.300. The van der Waals surface area contributed by atoms with Gasteiger partial charge in [-0.3, -0.25) is 10.1 Å². The molecule has 3 nitrogen and oxygen atoms in total. The van der Waals surface area contributed by atoms with Crippen LogP contribution in [-0.4, -0.2) is 10.9 Å². The fourth-order valence-corrected chi connectivity index (χ4v) is 5.63. The third-order valence-corrected chi connectivity index (χ3v) is 7.20. The third-order valence-electron chi connectivity index (χ3n) is 4.71. The van der Waals surface area contributed by atoms with Crippen molar-refractivity contribution in [3.05, 3.63) is 66.8 Å². The van der Waals surface area contributed by atoms with E-state index in [0.29, 0.717) is 5.13 Å². The Hall–Kier alpha value is -1.50. The van der Waals surface area contributed by atoms with Crippen LogP contribution in [0, 0.1) is 5.92 Å². The molecule has 1 aliphatic rings. The van der Waals surface area contributed by atoms with Crippen LogP contribution < -0.4 is 5.32 Å². The van der Waals surface area contributed by atoms with Gasteiger partial charge in [0.05, 0.1) is 5.56 Å². The Bertz CT molecular complexity index is 930. The number of nitrogens with zero attached hydrogens (tertiary/aromatic N) is 1. The molecule has 1 aromatic carbocycles. The Balaban J connectivity index is 1.44. The summed E-state index contributed by atoms with van der Waals surface area (Å²) in [6.07, 6.45) is 5.95. The predicted octanol–water partition coefficient (Wildman–Crippen LogP) is 5.94. The minimum Gasteiger partial charge on any atom is -0.298 e. The van der Waals surface area contributed by atoms with Gasteiger partial charge in [-0.2, -0.15) is 0 Å². The summed E-state index contributed by atoms with van der Waals surface area (Å²) >= 11 is 6.72. The van der Waals surface area contributed by atoms with Crippen LogP contribution in [0.3, 0.4) is 0 Å². The molecule has 2 heterocycles. The predicted molar refractivity (Wildman–Crippen MR) is 113 cm³/mol. The van der Waals surface area contributed by atoms with Gasteiger partial charge < -0.3 is 0 Å². The molecule has 1 aliphatic carbocycles. The average molecular weight is 447 g/mol. The lowest BCUT2D eigenvalue weighted by Crippen LogP contribution is -2.16. The molecule has 6 heteroatoms. The molecule has 0 fully saturated rings. The van der Waals surface area contributed by atoms with Crippen molar-refractivity contribution < 1.29 is 4.79 Å². The van der Waals surface area contributed by atoms with Crippen molar-refractivity contribution in [2.24, 2.45) is 5.92 Å². The van der Waals surface area contributed by atoms with Crippen LogP contribution in [0.15, 0.2) is 40.3 Å². The van der Waals surface area contributed by atoms with E-state index in [9.17, 15) is 4.79 Å². The van der Waals surface area contributed by atoms with Gasteiger partial charge >= 0.3 is 0 Å². The number of halogens is 1. The Morgan fingerprint density at radius 2 is 2.15 bits per heavy atom. The number of hydrogen-bond donors (Lipinski definition) is 1. The molecule has 0 radical (unpaired) electrons. The topological polar surface area (TPSA) is 42.0 Å². The van der Waals surface area contributed by atoms with Gasteiger partial charge in [-0.15, -0.1) is 22.7 Å². The maximum atomic E-state index is 12.7. The van der Waals surface area contributed by atoms with Crippen LogP contribution in [0.2, 0.25) is 0 Å². The first-order valence-electron chi connectivity index (χ1n) is 8.68. The summed E-state index contributed by atoms with van der Waals surface area (Å²) in [5, 5.41) is 5.67. The van der Waals surface area contributed by atoms with Crippen LogP contribution in [0.25, 0.3) is 0 Å². The second-order valence-corrected chi connectivity index (χ2v) is 9.78. The quantitative estimate of drug-likeness (QED) is 0.538. The molecule has 0 aliphatic heterocycles. The molecular formula is C20H19BrN2OS2. The van der Waals surface area contributed by atoms with E-state index in [2.05, 4.69) is 45.3 Å². The highest BCUT2D eigenvalue weighted by Crippen LogP contribution is 2.33. The average Bonchev–Trinajstić information content (AvgIpc) is 3.23. The van der Waals surface area contributed by atoms with Crippen molar-refractivity contribution in [3.8, 4) is 0 Å². The summed E-state index contributed by atoms with van der Waals surface area (Å²) < 4.78 is 1.08. The second-order valence-electron chi connectivity index (χ2n) is 6.79. The smallest absolute Gasteiger partial charge is 0.258 e. The molecule has 26 heavy (non-hydrogen) atoms. The zero-order valence-corrected chi connectivity index (χ0v) is 17.6. The summed E-state index contributed by atoms with van der Waals surface area (Å²) in [5.74, 6) is 0.693. The highest BCUT2D eigenvalue weighted by molar-refractivity contribution is 9.10. The molecule has 0 saturated carbocycles. The highest BCUT2D eigenvalue weighted by atomic mass is 79.9. The van der Waals surface area contributed by atoms with Gasteiger partial charge in [-0.05, 0) is 48.4 Å². The number of benzene rings is 1. The second kappa shape index (κ2) is 7.62. The Morgan fingerprint density at radius 1 is 1.35 bits per heavy atom. The summed E-state index contributed by atoms with van der Waals surface area (Å²) in [7, 11) is 0. The summed E-state index contributed by atoms with van der Waals surface area (Å²) in [5.41, 5.74) is 3.31. The number of amides is 1. The van der Waals surface area contributed by atoms with E-state index in [1.54, 1.807) is 22.7 Å². The number of hydrogen-bond acceptors (Lipinski definition) is 4. The number of thiophene rings is 1. The molecular weight excluding hydrogens is 428 g/mol. The van der Waals surface area contributed by atoms with Crippen molar-refractivity contribution in [3.63, 3.8) is 0 Å². The molecule has 2 aromatic heterocycles. The van der Waals surface area contributed by atoms with E-state index in [4.69, 9.17) is 0 Å². The first-order valence-corrected chi connectivity index (χ1v) is 11.2. The molecule has 3 aromatic rings.